The first-order valence-electron chi connectivity index (χ1n) is 14.1. The van der Waals surface area contributed by atoms with Crippen molar-refractivity contribution in [3.05, 3.63) is 102 Å². The van der Waals surface area contributed by atoms with Gasteiger partial charge in [0.2, 0.25) is 5.75 Å². The van der Waals surface area contributed by atoms with Gasteiger partial charge >= 0.3 is 17.6 Å². The molecule has 5 rings (SSSR count). The van der Waals surface area contributed by atoms with Crippen molar-refractivity contribution in [2.24, 2.45) is 0 Å². The van der Waals surface area contributed by atoms with E-state index in [0.29, 0.717) is 10.9 Å². The molecule has 1 heterocycles. The van der Waals surface area contributed by atoms with Gasteiger partial charge in [0.05, 0.1) is 41.1 Å². The number of non-ortho nitro benzene ring substituents is 1. The number of fused-ring (bicyclic) bond motifs is 4. The average Bonchev–Trinajstić information content (AvgIpc) is 3.03. The highest BCUT2D eigenvalue weighted by Crippen LogP contribution is 2.43. The Morgan fingerprint density at radius 1 is 0.872 bits per heavy atom. The molecule has 1 unspecified atom stereocenters. The van der Waals surface area contributed by atoms with Crippen LogP contribution >= 0.6 is 0 Å². The molecule has 4 aromatic carbocycles. The summed E-state index contributed by atoms with van der Waals surface area (Å²) in [4.78, 5) is 56.6. The SMILES string of the molecule is CC(=O)OC(C)c1c([N+](=O)[O-])c2ccccc2c2ccccc12.COc1cc([N+](=O)[O-])c2c(COC(C)=O)c(C)c(=O)oc2c1OC. The van der Waals surface area contributed by atoms with E-state index in [4.69, 9.17) is 23.4 Å². The molecular formula is C33H30N2O12. The molecule has 0 amide bonds. The Balaban J connectivity index is 0.000000213. The summed E-state index contributed by atoms with van der Waals surface area (Å²) in [5.41, 5.74) is -0.487. The monoisotopic (exact) mass is 646 g/mol. The Labute approximate surface area is 266 Å². The predicted octanol–water partition coefficient (Wildman–Crippen LogP) is 6.62. The predicted molar refractivity (Wildman–Crippen MR) is 171 cm³/mol. The molecule has 0 N–H and O–H groups in total. The van der Waals surface area contributed by atoms with Crippen molar-refractivity contribution < 1.29 is 42.8 Å². The fourth-order valence-electron chi connectivity index (χ4n) is 5.38. The summed E-state index contributed by atoms with van der Waals surface area (Å²) in [7, 11) is 2.62. The first kappa shape index (κ1) is 33.8. The van der Waals surface area contributed by atoms with Crippen molar-refractivity contribution in [3.8, 4) is 11.5 Å². The van der Waals surface area contributed by atoms with Crippen LogP contribution in [0.5, 0.6) is 11.5 Å². The normalized spacial score (nSPS) is 11.4. The molecule has 0 bridgehead atoms. The van der Waals surface area contributed by atoms with Gasteiger partial charge < -0.3 is 23.4 Å². The number of ether oxygens (including phenoxy) is 4. The largest absolute Gasteiger partial charge is 0.492 e. The number of hydrogen-bond acceptors (Lipinski definition) is 12. The van der Waals surface area contributed by atoms with E-state index < -0.39 is 33.5 Å². The smallest absolute Gasteiger partial charge is 0.339 e. The van der Waals surface area contributed by atoms with Crippen molar-refractivity contribution in [2.75, 3.05) is 14.2 Å². The lowest BCUT2D eigenvalue weighted by Gasteiger charge is -2.17. The van der Waals surface area contributed by atoms with Crippen molar-refractivity contribution in [1.29, 1.82) is 0 Å². The molecule has 14 nitrogen and oxygen atoms in total. The third-order valence-corrected chi connectivity index (χ3v) is 7.35. The summed E-state index contributed by atoms with van der Waals surface area (Å²) in [6.07, 6.45) is -0.706. The molecule has 244 valence electrons. The van der Waals surface area contributed by atoms with Crippen molar-refractivity contribution >= 4 is 55.8 Å². The lowest BCUT2D eigenvalue weighted by Crippen LogP contribution is -2.12. The van der Waals surface area contributed by atoms with Gasteiger partial charge in [-0.15, -0.1) is 0 Å². The van der Waals surface area contributed by atoms with Gasteiger partial charge in [0.15, 0.2) is 11.3 Å². The van der Waals surface area contributed by atoms with Crippen LogP contribution in [0.1, 0.15) is 43.6 Å². The maximum atomic E-state index is 12.1. The molecule has 0 saturated heterocycles. The molecular weight excluding hydrogens is 616 g/mol. The molecule has 1 aromatic heterocycles. The Hall–Kier alpha value is -6.05. The highest BCUT2D eigenvalue weighted by Gasteiger charge is 2.29. The summed E-state index contributed by atoms with van der Waals surface area (Å²) in [6.45, 7) is 5.28. The number of methoxy groups -OCH3 is 2. The minimum absolute atomic E-state index is 0.00644. The second kappa shape index (κ2) is 13.9. The van der Waals surface area contributed by atoms with Gasteiger partial charge in [-0.3, -0.25) is 29.8 Å². The molecule has 1 atom stereocenters. The third kappa shape index (κ3) is 6.66. The van der Waals surface area contributed by atoms with E-state index in [9.17, 15) is 34.6 Å². The third-order valence-electron chi connectivity index (χ3n) is 7.35. The fourth-order valence-corrected chi connectivity index (χ4v) is 5.38. The van der Waals surface area contributed by atoms with E-state index >= 15 is 0 Å². The second-order valence-corrected chi connectivity index (χ2v) is 10.2. The van der Waals surface area contributed by atoms with Gasteiger partial charge in [0.25, 0.3) is 11.4 Å². The Kier molecular flexibility index (Phi) is 10.0. The standard InChI is InChI=1S/C18H15NO4.C15H15NO8/c1-11(23-12(2)20)17-15-9-5-3-7-13(15)14-8-4-6-10-16(14)18(17)19(21)22;1-7-9(6-23-8(2)17)12-10(16(19)20)5-11(21-3)13(22-4)14(12)24-15(7)18/h3-11H,1-2H3;5H,6H2,1-4H3. The number of rotatable bonds is 8. The Morgan fingerprint density at radius 3 is 1.96 bits per heavy atom. The minimum Gasteiger partial charge on any atom is -0.492 e. The Morgan fingerprint density at radius 2 is 1.45 bits per heavy atom. The summed E-state index contributed by atoms with van der Waals surface area (Å²) in [5, 5.41) is 26.2. The summed E-state index contributed by atoms with van der Waals surface area (Å²) < 4.78 is 25.6. The molecule has 14 heteroatoms. The molecule has 0 aliphatic carbocycles. The lowest BCUT2D eigenvalue weighted by atomic mass is 9.92. The second-order valence-electron chi connectivity index (χ2n) is 10.2. The van der Waals surface area contributed by atoms with Crippen LogP contribution < -0.4 is 15.1 Å². The van der Waals surface area contributed by atoms with E-state index in [1.807, 2.05) is 36.4 Å². The summed E-state index contributed by atoms with van der Waals surface area (Å²) in [6, 6.07) is 15.8. The van der Waals surface area contributed by atoms with E-state index in [1.165, 1.54) is 35.0 Å². The number of nitro groups is 2. The lowest BCUT2D eigenvalue weighted by molar-refractivity contribution is -0.384. The molecule has 47 heavy (non-hydrogen) atoms. The maximum Gasteiger partial charge on any atom is 0.339 e. The number of nitrogens with zero attached hydrogens (tertiary/aromatic N) is 2. The molecule has 0 aliphatic rings. The van der Waals surface area contributed by atoms with Crippen LogP contribution in [-0.4, -0.2) is 36.0 Å². The quantitative estimate of drug-likeness (QED) is 0.0577. The van der Waals surface area contributed by atoms with Crippen LogP contribution in [0.25, 0.3) is 32.5 Å². The first-order valence-corrected chi connectivity index (χ1v) is 14.1. The zero-order chi connectivity index (χ0) is 34.6. The molecule has 0 spiro atoms. The zero-order valence-electron chi connectivity index (χ0n) is 26.3. The number of nitro benzene ring substituents is 2. The average molecular weight is 647 g/mol. The molecule has 5 aromatic rings. The maximum absolute atomic E-state index is 12.1. The van der Waals surface area contributed by atoms with E-state index in [-0.39, 0.29) is 51.6 Å². The number of carbonyl (C=O) groups excluding carboxylic acids is 2. The Bertz CT molecular complexity index is 2120. The minimum atomic E-state index is -0.717. The van der Waals surface area contributed by atoms with E-state index in [0.717, 1.165) is 22.2 Å². The summed E-state index contributed by atoms with van der Waals surface area (Å²) in [5.74, 6) is -0.968. The van der Waals surface area contributed by atoms with Gasteiger partial charge in [0.1, 0.15) is 18.1 Å². The highest BCUT2D eigenvalue weighted by atomic mass is 16.6. The van der Waals surface area contributed by atoms with Crippen LogP contribution in [0.15, 0.2) is 63.8 Å². The van der Waals surface area contributed by atoms with Crippen molar-refractivity contribution in [3.63, 3.8) is 0 Å². The van der Waals surface area contributed by atoms with Gasteiger partial charge in [-0.1, -0.05) is 42.5 Å². The van der Waals surface area contributed by atoms with Gasteiger partial charge in [-0.05, 0) is 36.1 Å². The zero-order valence-corrected chi connectivity index (χ0v) is 26.3. The van der Waals surface area contributed by atoms with Crippen molar-refractivity contribution in [2.45, 2.75) is 40.4 Å². The molecule has 0 fully saturated rings. The van der Waals surface area contributed by atoms with Crippen LogP contribution in [0, 0.1) is 27.2 Å². The number of hydrogen-bond donors (Lipinski definition) is 0. The fraction of sp³-hybridized carbons (Fsp3) is 0.242. The van der Waals surface area contributed by atoms with E-state index in [1.54, 1.807) is 19.1 Å². The van der Waals surface area contributed by atoms with Crippen LogP contribution in [0.2, 0.25) is 0 Å². The van der Waals surface area contributed by atoms with Gasteiger partial charge in [0, 0.05) is 25.0 Å². The van der Waals surface area contributed by atoms with Gasteiger partial charge in [-0.2, -0.15) is 0 Å². The van der Waals surface area contributed by atoms with Crippen molar-refractivity contribution in [1.82, 2.24) is 0 Å². The topological polar surface area (TPSA) is 188 Å². The molecule has 0 aliphatic heterocycles. The van der Waals surface area contributed by atoms with Crippen LogP contribution in [-0.2, 0) is 25.7 Å². The number of carbonyl (C=O) groups is 2. The highest BCUT2D eigenvalue weighted by molar-refractivity contribution is 6.13. The van der Waals surface area contributed by atoms with Crippen LogP contribution in [0.3, 0.4) is 0 Å². The molecule has 0 saturated carbocycles. The van der Waals surface area contributed by atoms with Gasteiger partial charge in [-0.25, -0.2) is 4.79 Å². The summed E-state index contributed by atoms with van der Waals surface area (Å²) >= 11 is 0. The number of benzene rings is 4. The van der Waals surface area contributed by atoms with E-state index in [2.05, 4.69) is 0 Å². The van der Waals surface area contributed by atoms with Crippen LogP contribution in [0.4, 0.5) is 11.4 Å². The number of esters is 2. The molecule has 0 radical (unpaired) electrons. The first-order chi connectivity index (χ1) is 22.3.